The van der Waals surface area contributed by atoms with Crippen LogP contribution >= 0.6 is 0 Å². The second-order valence-corrected chi connectivity index (χ2v) is 6.75. The Morgan fingerprint density at radius 1 is 1.14 bits per heavy atom. The summed E-state index contributed by atoms with van der Waals surface area (Å²) in [5.41, 5.74) is 1.18. The molecule has 0 bridgehead atoms. The largest absolute Gasteiger partial charge is 0.449 e. The molecule has 3 rings (SSSR count). The summed E-state index contributed by atoms with van der Waals surface area (Å²) >= 11 is 0. The fraction of sp³-hybridized carbons (Fsp3) is 0.333. The SMILES string of the molecule is C[C@H](OC(=O)c1ccc(CN2CCOCC2)cc1)C(=O)Nc1ccc(F)cc1F. The maximum absolute atomic E-state index is 13.6. The van der Waals surface area contributed by atoms with Crippen LogP contribution in [-0.4, -0.2) is 49.2 Å². The van der Waals surface area contributed by atoms with Crippen molar-refractivity contribution >= 4 is 17.6 Å². The lowest BCUT2D eigenvalue weighted by Gasteiger charge is -2.26. The third kappa shape index (κ3) is 5.82. The number of hydrogen-bond acceptors (Lipinski definition) is 5. The molecule has 0 aliphatic carbocycles. The highest BCUT2D eigenvalue weighted by atomic mass is 19.1. The lowest BCUT2D eigenvalue weighted by atomic mass is 10.1. The van der Waals surface area contributed by atoms with Crippen molar-refractivity contribution in [1.29, 1.82) is 0 Å². The van der Waals surface area contributed by atoms with Crippen LogP contribution < -0.4 is 5.32 Å². The Bertz CT molecular complexity index is 867. The molecule has 0 radical (unpaired) electrons. The predicted octanol–water partition coefficient (Wildman–Crippen LogP) is 2.98. The Labute approximate surface area is 167 Å². The molecule has 1 aliphatic heterocycles. The van der Waals surface area contributed by atoms with Gasteiger partial charge in [-0.2, -0.15) is 0 Å². The summed E-state index contributed by atoms with van der Waals surface area (Å²) < 4.78 is 37.0. The van der Waals surface area contributed by atoms with Gasteiger partial charge < -0.3 is 14.8 Å². The number of benzene rings is 2. The Kier molecular flexibility index (Phi) is 6.90. The van der Waals surface area contributed by atoms with Gasteiger partial charge in [0.15, 0.2) is 6.10 Å². The van der Waals surface area contributed by atoms with Crippen LogP contribution in [0.2, 0.25) is 0 Å². The highest BCUT2D eigenvalue weighted by Crippen LogP contribution is 2.16. The number of anilines is 1. The third-order valence-corrected chi connectivity index (χ3v) is 4.54. The van der Waals surface area contributed by atoms with E-state index in [1.54, 1.807) is 12.1 Å². The first-order valence-corrected chi connectivity index (χ1v) is 9.28. The van der Waals surface area contributed by atoms with E-state index in [0.29, 0.717) is 24.8 Å². The molecule has 0 aromatic heterocycles. The van der Waals surface area contributed by atoms with Gasteiger partial charge in [0.25, 0.3) is 5.91 Å². The first kappa shape index (κ1) is 20.9. The van der Waals surface area contributed by atoms with Crippen molar-refractivity contribution in [3.05, 3.63) is 65.2 Å². The van der Waals surface area contributed by atoms with Crippen LogP contribution in [0.3, 0.4) is 0 Å². The van der Waals surface area contributed by atoms with Gasteiger partial charge in [-0.1, -0.05) is 12.1 Å². The fourth-order valence-electron chi connectivity index (χ4n) is 2.87. The standard InChI is InChI=1S/C21H22F2N2O4/c1-14(20(26)24-19-7-6-17(22)12-18(19)23)29-21(27)16-4-2-15(3-5-16)13-25-8-10-28-11-9-25/h2-7,12,14H,8-11,13H2,1H3,(H,24,26)/t14-/m0/s1. The van der Waals surface area contributed by atoms with Gasteiger partial charge in [-0.15, -0.1) is 0 Å². The first-order valence-electron chi connectivity index (χ1n) is 9.28. The molecule has 1 heterocycles. The van der Waals surface area contributed by atoms with E-state index in [4.69, 9.17) is 9.47 Å². The van der Waals surface area contributed by atoms with Crippen LogP contribution in [-0.2, 0) is 20.8 Å². The summed E-state index contributed by atoms with van der Waals surface area (Å²) in [5.74, 6) is -3.04. The third-order valence-electron chi connectivity index (χ3n) is 4.54. The molecule has 0 saturated carbocycles. The summed E-state index contributed by atoms with van der Waals surface area (Å²) in [6, 6.07) is 9.74. The molecule has 6 nitrogen and oxygen atoms in total. The summed E-state index contributed by atoms with van der Waals surface area (Å²) in [5, 5.41) is 2.28. The van der Waals surface area contributed by atoms with Crippen LogP contribution in [0.25, 0.3) is 0 Å². The summed E-state index contributed by atoms with van der Waals surface area (Å²) in [6.45, 7) is 5.30. The summed E-state index contributed by atoms with van der Waals surface area (Å²) in [6.07, 6.45) is -1.15. The molecule has 0 spiro atoms. The fourth-order valence-corrected chi connectivity index (χ4v) is 2.87. The quantitative estimate of drug-likeness (QED) is 0.750. The van der Waals surface area contributed by atoms with Crippen molar-refractivity contribution in [3.8, 4) is 0 Å². The minimum Gasteiger partial charge on any atom is -0.449 e. The number of hydrogen-bond donors (Lipinski definition) is 1. The second-order valence-electron chi connectivity index (χ2n) is 6.75. The number of morpholine rings is 1. The first-order chi connectivity index (χ1) is 13.9. The van der Waals surface area contributed by atoms with Crippen LogP contribution in [0.4, 0.5) is 14.5 Å². The van der Waals surface area contributed by atoms with E-state index in [2.05, 4.69) is 10.2 Å². The number of amides is 1. The molecule has 1 saturated heterocycles. The van der Waals surface area contributed by atoms with Crippen LogP contribution in [0.1, 0.15) is 22.8 Å². The zero-order valence-corrected chi connectivity index (χ0v) is 16.0. The Morgan fingerprint density at radius 3 is 2.48 bits per heavy atom. The van der Waals surface area contributed by atoms with Crippen LogP contribution in [0.15, 0.2) is 42.5 Å². The van der Waals surface area contributed by atoms with E-state index in [9.17, 15) is 18.4 Å². The van der Waals surface area contributed by atoms with Gasteiger partial charge in [-0.3, -0.25) is 9.69 Å². The molecule has 1 N–H and O–H groups in total. The van der Waals surface area contributed by atoms with Crippen molar-refractivity contribution in [2.75, 3.05) is 31.6 Å². The molecule has 29 heavy (non-hydrogen) atoms. The molecule has 1 amide bonds. The molecule has 8 heteroatoms. The maximum atomic E-state index is 13.6. The minimum absolute atomic E-state index is 0.188. The average Bonchev–Trinajstić information content (AvgIpc) is 2.71. The number of carbonyl (C=O) groups excluding carboxylic acids is 2. The van der Waals surface area contributed by atoms with Gasteiger partial charge in [-0.05, 0) is 36.8 Å². The number of ether oxygens (including phenoxy) is 2. The second kappa shape index (κ2) is 9.58. The Hall–Kier alpha value is -2.84. The van der Waals surface area contributed by atoms with Crippen molar-refractivity contribution in [3.63, 3.8) is 0 Å². The Balaban J connectivity index is 1.53. The monoisotopic (exact) mass is 404 g/mol. The van der Waals surface area contributed by atoms with E-state index in [0.717, 1.165) is 37.3 Å². The number of nitrogens with zero attached hydrogens (tertiary/aromatic N) is 1. The molecule has 2 aromatic rings. The zero-order valence-electron chi connectivity index (χ0n) is 16.0. The van der Waals surface area contributed by atoms with E-state index in [1.807, 2.05) is 12.1 Å². The molecular weight excluding hydrogens is 382 g/mol. The summed E-state index contributed by atoms with van der Waals surface area (Å²) in [4.78, 5) is 26.7. The number of carbonyl (C=O) groups is 2. The van der Waals surface area contributed by atoms with Gasteiger partial charge in [0, 0.05) is 25.7 Å². The van der Waals surface area contributed by atoms with Gasteiger partial charge >= 0.3 is 5.97 Å². The van der Waals surface area contributed by atoms with Gasteiger partial charge in [0.1, 0.15) is 11.6 Å². The van der Waals surface area contributed by atoms with Gasteiger partial charge in [0.05, 0.1) is 24.5 Å². The lowest BCUT2D eigenvalue weighted by Crippen LogP contribution is -2.35. The van der Waals surface area contributed by atoms with Crippen LogP contribution in [0, 0.1) is 11.6 Å². The molecule has 1 aliphatic rings. The van der Waals surface area contributed by atoms with E-state index in [1.165, 1.54) is 6.92 Å². The minimum atomic E-state index is -1.15. The maximum Gasteiger partial charge on any atom is 0.338 e. The topological polar surface area (TPSA) is 67.9 Å². The van der Waals surface area contributed by atoms with Crippen molar-refractivity contribution in [2.45, 2.75) is 19.6 Å². The molecule has 1 atom stereocenters. The van der Waals surface area contributed by atoms with Crippen molar-refractivity contribution in [1.82, 2.24) is 4.90 Å². The highest BCUT2D eigenvalue weighted by Gasteiger charge is 2.20. The normalized spacial score (nSPS) is 15.6. The van der Waals surface area contributed by atoms with Crippen molar-refractivity contribution < 1.29 is 27.8 Å². The van der Waals surface area contributed by atoms with E-state index >= 15 is 0 Å². The number of nitrogens with one attached hydrogen (secondary N) is 1. The predicted molar refractivity (Wildman–Crippen MR) is 102 cm³/mol. The molecular formula is C21H22F2N2O4. The zero-order chi connectivity index (χ0) is 20.8. The lowest BCUT2D eigenvalue weighted by molar-refractivity contribution is -0.123. The number of rotatable bonds is 6. The smallest absolute Gasteiger partial charge is 0.338 e. The molecule has 2 aromatic carbocycles. The van der Waals surface area contributed by atoms with E-state index < -0.39 is 29.6 Å². The van der Waals surface area contributed by atoms with Gasteiger partial charge in [0.2, 0.25) is 0 Å². The number of halogens is 2. The molecule has 1 fully saturated rings. The highest BCUT2D eigenvalue weighted by molar-refractivity contribution is 5.97. The van der Waals surface area contributed by atoms with Crippen LogP contribution in [0.5, 0.6) is 0 Å². The van der Waals surface area contributed by atoms with E-state index in [-0.39, 0.29) is 5.69 Å². The van der Waals surface area contributed by atoms with Crippen molar-refractivity contribution in [2.24, 2.45) is 0 Å². The summed E-state index contributed by atoms with van der Waals surface area (Å²) in [7, 11) is 0. The average molecular weight is 404 g/mol. The number of esters is 1. The molecule has 0 unspecified atom stereocenters. The van der Waals surface area contributed by atoms with Gasteiger partial charge in [-0.25, -0.2) is 13.6 Å². The molecule has 154 valence electrons. The Morgan fingerprint density at radius 2 is 1.83 bits per heavy atom.